The van der Waals surface area contributed by atoms with Crippen LogP contribution in [0.4, 0.5) is 4.39 Å². The summed E-state index contributed by atoms with van der Waals surface area (Å²) in [6, 6.07) is 12.8. The quantitative estimate of drug-likeness (QED) is 0.859. The lowest BCUT2D eigenvalue weighted by molar-refractivity contribution is -0.125. The van der Waals surface area contributed by atoms with Crippen LogP contribution < -0.4 is 5.73 Å². The van der Waals surface area contributed by atoms with Gasteiger partial charge in [0, 0.05) is 25.2 Å². The van der Waals surface area contributed by atoms with Gasteiger partial charge in [0.1, 0.15) is 5.82 Å². The number of halogens is 1. The topological polar surface area (TPSA) is 63.4 Å². The fraction of sp³-hybridized carbons (Fsp3) is 0.158. The van der Waals surface area contributed by atoms with Crippen LogP contribution in [0, 0.1) is 5.82 Å². The molecule has 2 aromatic carbocycles. The van der Waals surface area contributed by atoms with Crippen molar-refractivity contribution in [3.05, 3.63) is 77.1 Å². The second-order valence-corrected chi connectivity index (χ2v) is 5.59. The minimum absolute atomic E-state index is 0.179. The first-order valence-corrected chi connectivity index (χ1v) is 7.45. The number of likely N-dealkylation sites (N-methyl/N-ethyl adjacent to an activating group) is 1. The van der Waals surface area contributed by atoms with Crippen molar-refractivity contribution < 1.29 is 14.0 Å². The SMILES string of the molecule is C/C(=C\C(=O)N(C)Cc1cccc(C(N)=O)c1)c1ccc(F)cc1. The zero-order valence-electron chi connectivity index (χ0n) is 13.6. The van der Waals surface area contributed by atoms with Gasteiger partial charge in [-0.2, -0.15) is 0 Å². The number of nitrogens with zero attached hydrogens (tertiary/aromatic N) is 1. The molecule has 0 heterocycles. The Morgan fingerprint density at radius 2 is 1.79 bits per heavy atom. The molecule has 4 nitrogen and oxygen atoms in total. The van der Waals surface area contributed by atoms with Crippen molar-refractivity contribution in [1.29, 1.82) is 0 Å². The van der Waals surface area contributed by atoms with Crippen molar-refractivity contribution in [2.24, 2.45) is 5.73 Å². The van der Waals surface area contributed by atoms with E-state index in [4.69, 9.17) is 5.73 Å². The van der Waals surface area contributed by atoms with E-state index in [1.807, 2.05) is 6.07 Å². The number of rotatable bonds is 5. The number of hydrogen-bond acceptors (Lipinski definition) is 2. The highest BCUT2D eigenvalue weighted by atomic mass is 19.1. The third-order valence-corrected chi connectivity index (χ3v) is 3.65. The average Bonchev–Trinajstić information content (AvgIpc) is 2.55. The van der Waals surface area contributed by atoms with Gasteiger partial charge >= 0.3 is 0 Å². The summed E-state index contributed by atoms with van der Waals surface area (Å²) in [7, 11) is 1.67. The zero-order chi connectivity index (χ0) is 17.7. The van der Waals surface area contributed by atoms with E-state index in [1.54, 1.807) is 44.3 Å². The number of primary amides is 1. The largest absolute Gasteiger partial charge is 0.366 e. The molecule has 5 heteroatoms. The van der Waals surface area contributed by atoms with Crippen LogP contribution in [0.15, 0.2) is 54.6 Å². The van der Waals surface area contributed by atoms with Gasteiger partial charge in [0.05, 0.1) is 0 Å². The molecule has 2 aromatic rings. The maximum atomic E-state index is 12.9. The van der Waals surface area contributed by atoms with Crippen LogP contribution in [0.5, 0.6) is 0 Å². The van der Waals surface area contributed by atoms with Gasteiger partial charge < -0.3 is 10.6 Å². The molecule has 0 aliphatic carbocycles. The Labute approximate surface area is 140 Å². The molecule has 0 atom stereocenters. The zero-order valence-corrected chi connectivity index (χ0v) is 13.6. The lowest BCUT2D eigenvalue weighted by Gasteiger charge is -2.16. The summed E-state index contributed by atoms with van der Waals surface area (Å²) in [5.41, 5.74) is 8.02. The fourth-order valence-corrected chi connectivity index (χ4v) is 2.27. The molecule has 0 aliphatic rings. The number of benzene rings is 2. The second kappa shape index (κ2) is 7.55. The summed E-state index contributed by atoms with van der Waals surface area (Å²) in [5, 5.41) is 0. The van der Waals surface area contributed by atoms with Gasteiger partial charge in [-0.05, 0) is 47.9 Å². The molecule has 0 spiro atoms. The molecule has 0 fully saturated rings. The Balaban J connectivity index is 2.09. The van der Waals surface area contributed by atoms with Gasteiger partial charge in [-0.1, -0.05) is 24.3 Å². The van der Waals surface area contributed by atoms with Gasteiger partial charge in [0.25, 0.3) is 0 Å². The Morgan fingerprint density at radius 1 is 1.12 bits per heavy atom. The van der Waals surface area contributed by atoms with Crippen LogP contribution in [-0.4, -0.2) is 23.8 Å². The van der Waals surface area contributed by atoms with E-state index in [2.05, 4.69) is 0 Å². The summed E-state index contributed by atoms with van der Waals surface area (Å²) in [6.07, 6.45) is 1.51. The van der Waals surface area contributed by atoms with Gasteiger partial charge in [0.15, 0.2) is 0 Å². The Hall–Kier alpha value is -2.95. The van der Waals surface area contributed by atoms with Crippen LogP contribution in [-0.2, 0) is 11.3 Å². The summed E-state index contributed by atoms with van der Waals surface area (Å²) in [6.45, 7) is 2.15. The first-order valence-electron chi connectivity index (χ1n) is 7.45. The highest BCUT2D eigenvalue weighted by molar-refractivity contribution is 5.95. The Morgan fingerprint density at radius 3 is 2.42 bits per heavy atom. The number of carbonyl (C=O) groups is 2. The number of carbonyl (C=O) groups excluding carboxylic acids is 2. The van der Waals surface area contributed by atoms with E-state index >= 15 is 0 Å². The summed E-state index contributed by atoms with van der Waals surface area (Å²) in [4.78, 5) is 25.0. The maximum Gasteiger partial charge on any atom is 0.248 e. The average molecular weight is 326 g/mol. The maximum absolute atomic E-state index is 12.9. The third kappa shape index (κ3) is 4.52. The molecule has 124 valence electrons. The molecule has 0 aromatic heterocycles. The normalized spacial score (nSPS) is 11.2. The van der Waals surface area contributed by atoms with Crippen molar-refractivity contribution in [3.63, 3.8) is 0 Å². The number of hydrogen-bond donors (Lipinski definition) is 1. The Kier molecular flexibility index (Phi) is 5.47. The number of amides is 2. The Bertz CT molecular complexity index is 782. The lowest BCUT2D eigenvalue weighted by Crippen LogP contribution is -2.24. The number of allylic oxidation sites excluding steroid dienone is 1. The first kappa shape index (κ1) is 17.4. The van der Waals surface area contributed by atoms with Crippen molar-refractivity contribution in [2.45, 2.75) is 13.5 Å². The van der Waals surface area contributed by atoms with E-state index in [9.17, 15) is 14.0 Å². The van der Waals surface area contributed by atoms with Gasteiger partial charge in [-0.3, -0.25) is 9.59 Å². The summed E-state index contributed by atoms with van der Waals surface area (Å²) >= 11 is 0. The molecule has 0 bridgehead atoms. The van der Waals surface area contributed by atoms with E-state index in [1.165, 1.54) is 23.1 Å². The third-order valence-electron chi connectivity index (χ3n) is 3.65. The van der Waals surface area contributed by atoms with Crippen LogP contribution in [0.3, 0.4) is 0 Å². The molecule has 0 aliphatic heterocycles. The predicted molar refractivity (Wildman–Crippen MR) is 91.5 cm³/mol. The standard InChI is InChI=1S/C19H19FN2O2/c1-13(15-6-8-17(20)9-7-15)10-18(23)22(2)12-14-4-3-5-16(11-14)19(21)24/h3-11H,12H2,1-2H3,(H2,21,24)/b13-10+. The van der Waals surface area contributed by atoms with Crippen LogP contribution in [0.25, 0.3) is 5.57 Å². The van der Waals surface area contributed by atoms with Crippen molar-refractivity contribution in [1.82, 2.24) is 4.90 Å². The molecule has 0 saturated heterocycles. The lowest BCUT2D eigenvalue weighted by atomic mass is 10.1. The van der Waals surface area contributed by atoms with E-state index in [0.717, 1.165) is 16.7 Å². The van der Waals surface area contributed by atoms with E-state index < -0.39 is 5.91 Å². The predicted octanol–water partition coefficient (Wildman–Crippen LogP) is 2.99. The fourth-order valence-electron chi connectivity index (χ4n) is 2.27. The smallest absolute Gasteiger partial charge is 0.248 e. The molecule has 0 unspecified atom stereocenters. The highest BCUT2D eigenvalue weighted by Gasteiger charge is 2.09. The van der Waals surface area contributed by atoms with E-state index in [-0.39, 0.29) is 11.7 Å². The highest BCUT2D eigenvalue weighted by Crippen LogP contribution is 2.15. The summed E-state index contributed by atoms with van der Waals surface area (Å²) in [5.74, 6) is -0.997. The minimum atomic E-state index is -0.502. The molecular formula is C19H19FN2O2. The molecular weight excluding hydrogens is 307 g/mol. The van der Waals surface area contributed by atoms with Crippen LogP contribution in [0.1, 0.15) is 28.4 Å². The van der Waals surface area contributed by atoms with Crippen LogP contribution >= 0.6 is 0 Å². The second-order valence-electron chi connectivity index (χ2n) is 5.59. The van der Waals surface area contributed by atoms with Crippen molar-refractivity contribution >= 4 is 17.4 Å². The monoisotopic (exact) mass is 326 g/mol. The molecule has 24 heavy (non-hydrogen) atoms. The van der Waals surface area contributed by atoms with Crippen molar-refractivity contribution in [2.75, 3.05) is 7.05 Å². The van der Waals surface area contributed by atoms with Crippen LogP contribution in [0.2, 0.25) is 0 Å². The molecule has 0 saturated carbocycles. The summed E-state index contributed by atoms with van der Waals surface area (Å²) < 4.78 is 12.9. The molecule has 0 radical (unpaired) electrons. The first-order chi connectivity index (χ1) is 11.4. The van der Waals surface area contributed by atoms with Crippen molar-refractivity contribution in [3.8, 4) is 0 Å². The van der Waals surface area contributed by atoms with Gasteiger partial charge in [-0.15, -0.1) is 0 Å². The molecule has 2 rings (SSSR count). The number of nitrogens with two attached hydrogens (primary N) is 1. The van der Waals surface area contributed by atoms with E-state index in [0.29, 0.717) is 12.1 Å². The molecule has 2 amide bonds. The van der Waals surface area contributed by atoms with Gasteiger partial charge in [-0.25, -0.2) is 4.39 Å². The minimum Gasteiger partial charge on any atom is -0.366 e. The van der Waals surface area contributed by atoms with Gasteiger partial charge in [0.2, 0.25) is 11.8 Å². The molecule has 2 N–H and O–H groups in total.